The third-order valence-electron chi connectivity index (χ3n) is 12.9. The van der Waals surface area contributed by atoms with Gasteiger partial charge in [0.15, 0.2) is 18.4 Å². The lowest BCUT2D eigenvalue weighted by Gasteiger charge is -2.49. The molecule has 5 heterocycles. The monoisotopic (exact) mass is 715 g/mol. The van der Waals surface area contributed by atoms with Crippen molar-refractivity contribution < 1.29 is 58.0 Å². The highest BCUT2D eigenvalue weighted by molar-refractivity contribution is 5.73. The van der Waals surface area contributed by atoms with Gasteiger partial charge in [-0.05, 0) is 74.9 Å². The van der Waals surface area contributed by atoms with Gasteiger partial charge in [-0.25, -0.2) is 0 Å². The lowest BCUT2D eigenvalue weighted by Crippen LogP contribution is -2.61. The summed E-state index contributed by atoms with van der Waals surface area (Å²) in [5, 5.41) is 34.4. The number of esters is 1. The van der Waals surface area contributed by atoms with Crippen LogP contribution in [0.3, 0.4) is 0 Å². The van der Waals surface area contributed by atoms with Crippen LogP contribution >= 0.6 is 0 Å². The normalized spacial score (nSPS) is 54.7. The molecule has 0 aromatic rings. The first kappa shape index (κ1) is 40.2. The van der Waals surface area contributed by atoms with Gasteiger partial charge in [-0.15, -0.1) is 0 Å². The third kappa shape index (κ3) is 6.69. The molecule has 0 aromatic heterocycles. The maximum absolute atomic E-state index is 14.2. The average Bonchev–Trinajstić information content (AvgIpc) is 3.42. The summed E-state index contributed by atoms with van der Waals surface area (Å²) in [6.45, 7) is 18.9. The zero-order chi connectivity index (χ0) is 37.3. The zero-order valence-electron chi connectivity index (χ0n) is 32.5. The summed E-state index contributed by atoms with van der Waals surface area (Å²) in [4.78, 5) is 16.2. The van der Waals surface area contributed by atoms with E-state index in [0.29, 0.717) is 19.3 Å². The second kappa shape index (κ2) is 14.4. The molecular weight excluding hydrogens is 650 g/mol. The van der Waals surface area contributed by atoms with E-state index in [2.05, 4.69) is 6.92 Å². The molecule has 19 atom stereocenters. The molecule has 5 saturated heterocycles. The molecule has 0 amide bonds. The van der Waals surface area contributed by atoms with E-state index in [1.54, 1.807) is 27.9 Å². The first-order valence-electron chi connectivity index (χ1n) is 18.7. The Kier molecular flexibility index (Phi) is 11.5. The number of aliphatic hydroxyl groups is 3. The minimum Gasteiger partial charge on any atom is -0.459 e. The van der Waals surface area contributed by atoms with Gasteiger partial charge in [-0.1, -0.05) is 27.7 Å². The van der Waals surface area contributed by atoms with Crippen LogP contribution in [0.15, 0.2) is 0 Å². The maximum Gasteiger partial charge on any atom is 0.311 e. The average molecular weight is 716 g/mol. The Morgan fingerprint density at radius 3 is 2.18 bits per heavy atom. The van der Waals surface area contributed by atoms with Crippen LogP contribution in [0.4, 0.5) is 0 Å². The van der Waals surface area contributed by atoms with Gasteiger partial charge in [0.25, 0.3) is 0 Å². The zero-order valence-corrected chi connectivity index (χ0v) is 32.5. The molecule has 5 aliphatic heterocycles. The van der Waals surface area contributed by atoms with E-state index in [9.17, 15) is 20.1 Å². The summed E-state index contributed by atoms with van der Waals surface area (Å²) < 4.78 is 52.3. The summed E-state index contributed by atoms with van der Waals surface area (Å²) in [6, 6.07) is -0.218. The van der Waals surface area contributed by atoms with Crippen molar-refractivity contribution in [1.29, 1.82) is 0 Å². The number of fused-ring (bicyclic) bond motifs is 2. The largest absolute Gasteiger partial charge is 0.459 e. The van der Waals surface area contributed by atoms with E-state index in [1.807, 2.05) is 60.5 Å². The second-order valence-electron chi connectivity index (χ2n) is 16.9. The number of likely N-dealkylation sites (N-methyl/N-ethyl adjacent to an activating group) is 1. The molecular formula is C37H65NO12. The van der Waals surface area contributed by atoms with Crippen molar-refractivity contribution in [2.75, 3.05) is 21.2 Å². The van der Waals surface area contributed by atoms with Crippen molar-refractivity contribution in [2.45, 2.75) is 185 Å². The SMILES string of the molecule is CC[C@H]1OC(=O)[C@H](C)[C@@H](O[C@H]2C[C@@](C)(OC)[C@@H](O)[C@H](C)O2)[C@H](C)[C@@H](O[C@@H]2O[C@H](C)C[C@H](N(C)C)[C@@H]2O)[C@@]2(C)C[C@@H](C)[C@@]3(O[C@]1(C)[C@H](O)[C@@H]3C)O2. The number of methoxy groups -OCH3 is 1. The van der Waals surface area contributed by atoms with E-state index in [0.717, 1.165) is 0 Å². The van der Waals surface area contributed by atoms with Crippen molar-refractivity contribution in [3.63, 3.8) is 0 Å². The number of cyclic esters (lactones) is 1. The number of hydrogen-bond acceptors (Lipinski definition) is 13. The Morgan fingerprint density at radius 1 is 0.920 bits per heavy atom. The Balaban J connectivity index is 1.62. The molecule has 5 fully saturated rings. The van der Waals surface area contributed by atoms with E-state index < -0.39 is 102 Å². The Morgan fingerprint density at radius 2 is 1.58 bits per heavy atom. The van der Waals surface area contributed by atoms with Gasteiger partial charge in [0.2, 0.25) is 0 Å². The van der Waals surface area contributed by atoms with Gasteiger partial charge in [0.05, 0.1) is 47.6 Å². The molecule has 50 heavy (non-hydrogen) atoms. The van der Waals surface area contributed by atoms with Crippen LogP contribution in [0.2, 0.25) is 0 Å². The molecule has 1 spiro atoms. The number of aliphatic hydroxyl groups excluding tert-OH is 3. The molecule has 290 valence electrons. The van der Waals surface area contributed by atoms with E-state index in [4.69, 9.17) is 37.9 Å². The fourth-order valence-corrected chi connectivity index (χ4v) is 9.81. The quantitative estimate of drug-likeness (QED) is 0.331. The fourth-order valence-electron chi connectivity index (χ4n) is 9.81. The van der Waals surface area contributed by atoms with Crippen molar-refractivity contribution in [1.82, 2.24) is 4.90 Å². The van der Waals surface area contributed by atoms with Gasteiger partial charge in [-0.3, -0.25) is 4.79 Å². The molecule has 13 heteroatoms. The number of carbonyl (C=O) groups excluding carboxylic acids is 1. The van der Waals surface area contributed by atoms with Crippen LogP contribution in [0, 0.1) is 23.7 Å². The highest BCUT2D eigenvalue weighted by Gasteiger charge is 2.71. The van der Waals surface area contributed by atoms with Crippen molar-refractivity contribution in [3.8, 4) is 0 Å². The molecule has 0 aliphatic carbocycles. The van der Waals surface area contributed by atoms with Crippen molar-refractivity contribution >= 4 is 5.97 Å². The topological polar surface area (TPSA) is 155 Å². The first-order chi connectivity index (χ1) is 23.2. The minimum absolute atomic E-state index is 0.194. The van der Waals surface area contributed by atoms with Crippen molar-refractivity contribution in [3.05, 3.63) is 0 Å². The summed E-state index contributed by atoms with van der Waals surface area (Å²) in [5.41, 5.74) is -3.25. The van der Waals surface area contributed by atoms with Gasteiger partial charge in [0, 0.05) is 37.3 Å². The number of ether oxygens (including phenoxy) is 8. The Bertz CT molecular complexity index is 1210. The maximum atomic E-state index is 14.2. The number of nitrogens with zero attached hydrogens (tertiary/aromatic N) is 1. The smallest absolute Gasteiger partial charge is 0.311 e. The van der Waals surface area contributed by atoms with Crippen LogP contribution < -0.4 is 0 Å². The van der Waals surface area contributed by atoms with E-state index >= 15 is 0 Å². The van der Waals surface area contributed by atoms with Gasteiger partial charge < -0.3 is 58.1 Å². The van der Waals surface area contributed by atoms with Gasteiger partial charge in [-0.2, -0.15) is 0 Å². The molecule has 0 unspecified atom stereocenters. The van der Waals surface area contributed by atoms with Gasteiger partial charge >= 0.3 is 5.97 Å². The van der Waals surface area contributed by atoms with Crippen LogP contribution in [0.25, 0.3) is 0 Å². The highest BCUT2D eigenvalue weighted by Crippen LogP contribution is 2.59. The van der Waals surface area contributed by atoms with Crippen molar-refractivity contribution in [2.24, 2.45) is 23.7 Å². The molecule has 3 bridgehead atoms. The molecule has 0 saturated carbocycles. The molecule has 3 N–H and O–H groups in total. The van der Waals surface area contributed by atoms with Crippen LogP contribution in [0.1, 0.15) is 94.9 Å². The second-order valence-corrected chi connectivity index (χ2v) is 16.9. The molecule has 13 nitrogen and oxygen atoms in total. The lowest BCUT2D eigenvalue weighted by atomic mass is 9.77. The van der Waals surface area contributed by atoms with E-state index in [1.165, 1.54) is 0 Å². The first-order valence-corrected chi connectivity index (χ1v) is 18.7. The van der Waals surface area contributed by atoms with Crippen LogP contribution in [-0.2, 0) is 42.7 Å². The minimum atomic E-state index is -1.25. The lowest BCUT2D eigenvalue weighted by molar-refractivity contribution is -0.344. The summed E-state index contributed by atoms with van der Waals surface area (Å²) in [7, 11) is 5.39. The summed E-state index contributed by atoms with van der Waals surface area (Å²) in [6.07, 6.45) is -6.22. The number of hydrogen-bond donors (Lipinski definition) is 3. The summed E-state index contributed by atoms with van der Waals surface area (Å²) in [5.74, 6) is -3.80. The third-order valence-corrected chi connectivity index (χ3v) is 12.9. The summed E-state index contributed by atoms with van der Waals surface area (Å²) >= 11 is 0. The van der Waals surface area contributed by atoms with Crippen LogP contribution in [-0.4, -0.2) is 137 Å². The molecule has 0 aromatic carbocycles. The number of rotatable bonds is 7. The molecule has 0 radical (unpaired) electrons. The predicted molar refractivity (Wildman–Crippen MR) is 182 cm³/mol. The standard InChI is InChI=1S/C37H65NO12/c1-14-25-36(10)29(40)22(6)37(50-36)18(2)16-35(9,49-37)31(48-33-27(39)24(38(11)12)15-19(3)44-33)20(4)28(21(5)32(42)46-25)47-26-17-34(8,43-13)30(41)23(7)45-26/h18-31,33,39-41H,14-17H2,1-13H3/t18-,19-,20+,21-,22+,23+,24+,25-,26+,27+,28+,29-,30+,31-,33+,34-,35-,36+,37+/m1/s1. The Labute approximate surface area is 298 Å². The van der Waals surface area contributed by atoms with E-state index in [-0.39, 0.29) is 24.5 Å². The highest BCUT2D eigenvalue weighted by atomic mass is 16.8. The molecule has 5 aliphatic rings. The number of carbonyl (C=O) groups is 1. The Hall–Kier alpha value is -0.970. The molecule has 5 rings (SSSR count). The predicted octanol–water partition coefficient (Wildman–Crippen LogP) is 2.99. The fraction of sp³-hybridized carbons (Fsp3) is 0.973. The van der Waals surface area contributed by atoms with Crippen LogP contribution in [0.5, 0.6) is 0 Å². The van der Waals surface area contributed by atoms with Gasteiger partial charge in [0.1, 0.15) is 23.9 Å².